The lowest BCUT2D eigenvalue weighted by Gasteiger charge is -2.09. The Hall–Kier alpha value is -1.35. The van der Waals surface area contributed by atoms with Crippen molar-refractivity contribution in [2.45, 2.75) is 39.3 Å². The molecule has 3 heteroatoms. The quantitative estimate of drug-likeness (QED) is 0.812. The fourth-order valence-corrected chi connectivity index (χ4v) is 1.37. The van der Waals surface area contributed by atoms with E-state index in [1.807, 2.05) is 12.1 Å². The van der Waals surface area contributed by atoms with Crippen LogP contribution in [0.25, 0.3) is 0 Å². The third kappa shape index (κ3) is 3.66. The van der Waals surface area contributed by atoms with Crippen molar-refractivity contribution in [3.63, 3.8) is 0 Å². The number of carbonyl (C=O) groups is 1. The van der Waals surface area contributed by atoms with Crippen molar-refractivity contribution in [1.29, 1.82) is 0 Å². The summed E-state index contributed by atoms with van der Waals surface area (Å²) < 4.78 is 0. The number of hydrogen-bond donors (Lipinski definition) is 2. The number of amides is 1. The molecule has 3 nitrogen and oxygen atoms in total. The number of carbonyl (C=O) groups excluding carboxylic acids is 1. The minimum atomic E-state index is -0.449. The van der Waals surface area contributed by atoms with Crippen molar-refractivity contribution in [1.82, 2.24) is 5.32 Å². The number of hydrogen-bond acceptors (Lipinski definition) is 2. The van der Waals surface area contributed by atoms with Gasteiger partial charge in [-0.3, -0.25) is 4.79 Å². The molecule has 1 rings (SSSR count). The number of nitrogens with one attached hydrogen (secondary N) is 1. The summed E-state index contributed by atoms with van der Waals surface area (Å²) in [5.41, 5.74) is 7.86. The van der Waals surface area contributed by atoms with Crippen molar-refractivity contribution < 1.29 is 4.79 Å². The van der Waals surface area contributed by atoms with Gasteiger partial charge in [-0.15, -0.1) is 0 Å². The second kappa shape index (κ2) is 5.66. The van der Waals surface area contributed by atoms with E-state index in [0.29, 0.717) is 12.5 Å². The van der Waals surface area contributed by atoms with Crippen molar-refractivity contribution in [3.8, 4) is 0 Å². The molecule has 0 spiro atoms. The molecule has 16 heavy (non-hydrogen) atoms. The SMILES string of the molecule is CC(C)c1ccc(CNC(=O)[C@H](C)N)cc1. The molecule has 0 heterocycles. The van der Waals surface area contributed by atoms with Crippen LogP contribution in [0.2, 0.25) is 0 Å². The van der Waals surface area contributed by atoms with Crippen LogP contribution in [-0.4, -0.2) is 11.9 Å². The zero-order valence-electron chi connectivity index (χ0n) is 10.2. The Labute approximate surface area is 97.0 Å². The molecule has 0 saturated carbocycles. The molecule has 1 amide bonds. The number of rotatable bonds is 4. The van der Waals surface area contributed by atoms with Gasteiger partial charge in [-0.1, -0.05) is 38.1 Å². The normalized spacial score (nSPS) is 12.6. The highest BCUT2D eigenvalue weighted by atomic mass is 16.2. The molecular formula is C13H20N2O. The Morgan fingerprint density at radius 1 is 1.25 bits per heavy atom. The van der Waals surface area contributed by atoms with Gasteiger partial charge in [0.25, 0.3) is 0 Å². The molecule has 0 aromatic heterocycles. The van der Waals surface area contributed by atoms with E-state index in [-0.39, 0.29) is 5.91 Å². The van der Waals surface area contributed by atoms with Gasteiger partial charge in [-0.05, 0) is 24.0 Å². The minimum Gasteiger partial charge on any atom is -0.351 e. The molecule has 0 unspecified atom stereocenters. The Kier molecular flexibility index (Phi) is 4.50. The van der Waals surface area contributed by atoms with Crippen LogP contribution >= 0.6 is 0 Å². The van der Waals surface area contributed by atoms with Gasteiger partial charge < -0.3 is 11.1 Å². The Morgan fingerprint density at radius 2 is 1.81 bits per heavy atom. The van der Waals surface area contributed by atoms with E-state index in [4.69, 9.17) is 5.73 Å². The summed E-state index contributed by atoms with van der Waals surface area (Å²) in [6.07, 6.45) is 0. The maximum atomic E-state index is 11.3. The van der Waals surface area contributed by atoms with Gasteiger partial charge in [0, 0.05) is 6.54 Å². The van der Waals surface area contributed by atoms with E-state index < -0.39 is 6.04 Å². The first kappa shape index (κ1) is 12.7. The van der Waals surface area contributed by atoms with Crippen molar-refractivity contribution in [2.24, 2.45) is 5.73 Å². The summed E-state index contributed by atoms with van der Waals surface area (Å²) in [5, 5.41) is 2.78. The largest absolute Gasteiger partial charge is 0.351 e. The average Bonchev–Trinajstić information content (AvgIpc) is 2.26. The predicted octanol–water partition coefficient (Wildman–Crippen LogP) is 1.77. The molecule has 1 atom stereocenters. The summed E-state index contributed by atoms with van der Waals surface area (Å²) in [4.78, 5) is 11.3. The van der Waals surface area contributed by atoms with Crippen molar-refractivity contribution in [2.75, 3.05) is 0 Å². The Balaban J connectivity index is 2.53. The third-order valence-corrected chi connectivity index (χ3v) is 2.53. The molecule has 3 N–H and O–H groups in total. The van der Waals surface area contributed by atoms with E-state index in [1.165, 1.54) is 5.56 Å². The monoisotopic (exact) mass is 220 g/mol. The molecule has 0 fully saturated rings. The van der Waals surface area contributed by atoms with Crippen LogP contribution in [-0.2, 0) is 11.3 Å². The van der Waals surface area contributed by atoms with Crippen LogP contribution in [0.1, 0.15) is 37.8 Å². The Morgan fingerprint density at radius 3 is 2.25 bits per heavy atom. The molecule has 88 valence electrons. The third-order valence-electron chi connectivity index (χ3n) is 2.53. The second-order valence-corrected chi connectivity index (χ2v) is 4.40. The van der Waals surface area contributed by atoms with Crippen LogP contribution in [0.15, 0.2) is 24.3 Å². The summed E-state index contributed by atoms with van der Waals surface area (Å²) in [6, 6.07) is 7.82. The molecule has 1 aromatic rings. The molecule has 0 radical (unpaired) electrons. The highest BCUT2D eigenvalue weighted by Crippen LogP contribution is 2.14. The average molecular weight is 220 g/mol. The molecule has 0 aliphatic rings. The van der Waals surface area contributed by atoms with E-state index >= 15 is 0 Å². The smallest absolute Gasteiger partial charge is 0.236 e. The first-order valence-electron chi connectivity index (χ1n) is 5.63. The first-order valence-corrected chi connectivity index (χ1v) is 5.63. The molecular weight excluding hydrogens is 200 g/mol. The molecule has 0 bridgehead atoms. The van der Waals surface area contributed by atoms with Crippen LogP contribution in [0.3, 0.4) is 0 Å². The van der Waals surface area contributed by atoms with Crippen molar-refractivity contribution >= 4 is 5.91 Å². The van der Waals surface area contributed by atoms with E-state index in [9.17, 15) is 4.79 Å². The van der Waals surface area contributed by atoms with Crippen LogP contribution in [0.5, 0.6) is 0 Å². The van der Waals surface area contributed by atoms with Gasteiger partial charge in [0.05, 0.1) is 6.04 Å². The van der Waals surface area contributed by atoms with Gasteiger partial charge in [-0.25, -0.2) is 0 Å². The Bertz CT molecular complexity index is 341. The van der Waals surface area contributed by atoms with Gasteiger partial charge in [0.15, 0.2) is 0 Å². The first-order chi connectivity index (χ1) is 7.50. The fourth-order valence-electron chi connectivity index (χ4n) is 1.37. The van der Waals surface area contributed by atoms with Crippen molar-refractivity contribution in [3.05, 3.63) is 35.4 Å². The molecule has 1 aromatic carbocycles. The van der Waals surface area contributed by atoms with Crippen LogP contribution < -0.4 is 11.1 Å². The topological polar surface area (TPSA) is 55.1 Å². The molecule has 0 aliphatic heterocycles. The number of benzene rings is 1. The van der Waals surface area contributed by atoms with E-state index in [1.54, 1.807) is 6.92 Å². The van der Waals surface area contributed by atoms with Gasteiger partial charge in [0.1, 0.15) is 0 Å². The lowest BCUT2D eigenvalue weighted by atomic mass is 10.0. The summed E-state index contributed by atoms with van der Waals surface area (Å²) in [7, 11) is 0. The molecule has 0 saturated heterocycles. The maximum Gasteiger partial charge on any atom is 0.236 e. The summed E-state index contributed by atoms with van der Waals surface area (Å²) in [6.45, 7) is 6.54. The maximum absolute atomic E-state index is 11.3. The minimum absolute atomic E-state index is 0.118. The van der Waals surface area contributed by atoms with Crippen LogP contribution in [0.4, 0.5) is 0 Å². The molecule has 0 aliphatic carbocycles. The van der Waals surface area contributed by atoms with Crippen LogP contribution in [0, 0.1) is 0 Å². The number of nitrogens with two attached hydrogens (primary N) is 1. The van der Waals surface area contributed by atoms with E-state index in [0.717, 1.165) is 5.56 Å². The zero-order valence-corrected chi connectivity index (χ0v) is 10.2. The predicted molar refractivity (Wildman–Crippen MR) is 66.0 cm³/mol. The van der Waals surface area contributed by atoms with E-state index in [2.05, 4.69) is 31.3 Å². The second-order valence-electron chi connectivity index (χ2n) is 4.40. The summed E-state index contributed by atoms with van der Waals surface area (Å²) >= 11 is 0. The van der Waals surface area contributed by atoms with Gasteiger partial charge in [-0.2, -0.15) is 0 Å². The van der Waals surface area contributed by atoms with Gasteiger partial charge >= 0.3 is 0 Å². The highest BCUT2D eigenvalue weighted by molar-refractivity contribution is 5.80. The van der Waals surface area contributed by atoms with Gasteiger partial charge in [0.2, 0.25) is 5.91 Å². The lowest BCUT2D eigenvalue weighted by molar-refractivity contribution is -0.122. The highest BCUT2D eigenvalue weighted by Gasteiger charge is 2.06. The fraction of sp³-hybridized carbons (Fsp3) is 0.462. The zero-order chi connectivity index (χ0) is 12.1. The lowest BCUT2D eigenvalue weighted by Crippen LogP contribution is -2.37. The standard InChI is InChI=1S/C13H20N2O/c1-9(2)12-6-4-11(5-7-12)8-15-13(16)10(3)14/h4-7,9-10H,8,14H2,1-3H3,(H,15,16)/t10-/m0/s1. The summed E-state index contributed by atoms with van der Waals surface area (Å²) in [5.74, 6) is 0.417.